The van der Waals surface area contributed by atoms with Crippen molar-refractivity contribution in [3.63, 3.8) is 0 Å². The van der Waals surface area contributed by atoms with Gasteiger partial charge in [-0.15, -0.1) is 0 Å². The molecule has 20 heavy (non-hydrogen) atoms. The molecule has 110 valence electrons. The average molecular weight is 277 g/mol. The summed E-state index contributed by atoms with van der Waals surface area (Å²) in [5.41, 5.74) is 8.02. The fraction of sp³-hybridized carbons (Fsp3) is 0.600. The number of nitrogens with zero attached hydrogens (tertiary/aromatic N) is 2. The lowest BCUT2D eigenvalue weighted by atomic mass is 9.90. The minimum Gasteiger partial charge on any atom is -0.369 e. The Morgan fingerprint density at radius 1 is 1.30 bits per heavy atom. The number of aryl methyl sites for hydroxylation is 1. The highest BCUT2D eigenvalue weighted by atomic mass is 16.6. The van der Waals surface area contributed by atoms with E-state index in [-0.39, 0.29) is 10.6 Å². The molecule has 0 atom stereocenters. The quantitative estimate of drug-likeness (QED) is 0.678. The first-order chi connectivity index (χ1) is 9.51. The van der Waals surface area contributed by atoms with Gasteiger partial charge in [-0.3, -0.25) is 10.1 Å². The number of nitro benzene ring substituents is 1. The van der Waals surface area contributed by atoms with E-state index in [4.69, 9.17) is 5.73 Å². The number of non-ortho nitro benzene ring substituents is 1. The number of benzene rings is 1. The Hall–Kier alpha value is -1.62. The van der Waals surface area contributed by atoms with Crippen LogP contribution in [0.15, 0.2) is 18.2 Å². The summed E-state index contributed by atoms with van der Waals surface area (Å²) >= 11 is 0. The maximum absolute atomic E-state index is 11.0. The molecule has 0 saturated heterocycles. The second-order valence-electron chi connectivity index (χ2n) is 5.64. The second-order valence-corrected chi connectivity index (χ2v) is 5.64. The summed E-state index contributed by atoms with van der Waals surface area (Å²) in [6, 6.07) is 6.10. The van der Waals surface area contributed by atoms with Crippen molar-refractivity contribution in [3.8, 4) is 0 Å². The molecular formula is C15H23N3O2. The van der Waals surface area contributed by atoms with Crippen LogP contribution in [0.25, 0.3) is 0 Å². The zero-order valence-corrected chi connectivity index (χ0v) is 12.2. The first kappa shape index (κ1) is 14.8. The molecule has 1 aliphatic carbocycles. The van der Waals surface area contributed by atoms with Crippen molar-refractivity contribution in [3.05, 3.63) is 33.9 Å². The molecular weight excluding hydrogens is 254 g/mol. The first-order valence-electron chi connectivity index (χ1n) is 7.29. The van der Waals surface area contributed by atoms with Crippen molar-refractivity contribution in [2.75, 3.05) is 11.4 Å². The monoisotopic (exact) mass is 277 g/mol. The zero-order valence-electron chi connectivity index (χ0n) is 12.2. The summed E-state index contributed by atoms with van der Waals surface area (Å²) in [6.45, 7) is 4.87. The summed E-state index contributed by atoms with van der Waals surface area (Å²) in [6.07, 6.45) is 4.21. The van der Waals surface area contributed by atoms with E-state index in [1.54, 1.807) is 12.1 Å². The fourth-order valence-electron chi connectivity index (χ4n) is 3.08. The molecule has 1 aromatic carbocycles. The minimum absolute atomic E-state index is 0.172. The molecule has 0 aliphatic heterocycles. The van der Waals surface area contributed by atoms with Crippen LogP contribution in [0.1, 0.15) is 38.2 Å². The maximum Gasteiger partial charge on any atom is 0.271 e. The molecule has 0 radical (unpaired) electrons. The molecule has 2 rings (SSSR count). The van der Waals surface area contributed by atoms with Crippen LogP contribution in [0.5, 0.6) is 0 Å². The number of nitrogens with two attached hydrogens (primary N) is 1. The van der Waals surface area contributed by atoms with Gasteiger partial charge < -0.3 is 10.6 Å². The molecule has 1 saturated carbocycles. The van der Waals surface area contributed by atoms with Gasteiger partial charge in [-0.1, -0.05) is 0 Å². The summed E-state index contributed by atoms with van der Waals surface area (Å²) in [4.78, 5) is 13.0. The molecule has 0 heterocycles. The van der Waals surface area contributed by atoms with Crippen LogP contribution in [-0.2, 0) is 0 Å². The molecule has 0 unspecified atom stereocenters. The number of anilines is 1. The van der Waals surface area contributed by atoms with E-state index in [2.05, 4.69) is 11.8 Å². The third-order valence-corrected chi connectivity index (χ3v) is 4.11. The average Bonchev–Trinajstić information content (AvgIpc) is 2.41. The van der Waals surface area contributed by atoms with Crippen molar-refractivity contribution in [2.24, 2.45) is 5.73 Å². The molecule has 0 aromatic heterocycles. The van der Waals surface area contributed by atoms with Gasteiger partial charge in [-0.05, 0) is 51.2 Å². The van der Waals surface area contributed by atoms with Gasteiger partial charge in [0.25, 0.3) is 5.69 Å². The van der Waals surface area contributed by atoms with E-state index in [1.165, 1.54) is 0 Å². The van der Waals surface area contributed by atoms with Crippen LogP contribution in [-0.4, -0.2) is 23.6 Å². The summed E-state index contributed by atoms with van der Waals surface area (Å²) < 4.78 is 0. The zero-order chi connectivity index (χ0) is 14.7. The van der Waals surface area contributed by atoms with Crippen LogP contribution < -0.4 is 10.6 Å². The Bertz CT molecular complexity index is 482. The van der Waals surface area contributed by atoms with Crippen LogP contribution >= 0.6 is 0 Å². The second kappa shape index (κ2) is 6.22. The van der Waals surface area contributed by atoms with Crippen molar-refractivity contribution in [2.45, 2.75) is 51.6 Å². The standard InChI is InChI=1S/C15H23N3O2/c1-3-17(13-6-4-12(16)5-7-13)14-8-11(2)9-15(10-14)18(19)20/h8-10,12-13H,3-7,16H2,1-2H3. The van der Waals surface area contributed by atoms with Crippen LogP contribution in [0.3, 0.4) is 0 Å². The number of hydrogen-bond acceptors (Lipinski definition) is 4. The van der Waals surface area contributed by atoms with Crippen molar-refractivity contribution < 1.29 is 4.92 Å². The van der Waals surface area contributed by atoms with Crippen molar-refractivity contribution in [1.29, 1.82) is 0 Å². The minimum atomic E-state index is -0.318. The van der Waals surface area contributed by atoms with Gasteiger partial charge in [-0.25, -0.2) is 0 Å². The Morgan fingerprint density at radius 3 is 2.50 bits per heavy atom. The summed E-state index contributed by atoms with van der Waals surface area (Å²) in [5.74, 6) is 0. The molecule has 1 aromatic rings. The number of rotatable bonds is 4. The first-order valence-corrected chi connectivity index (χ1v) is 7.29. The van der Waals surface area contributed by atoms with Gasteiger partial charge in [0.2, 0.25) is 0 Å². The van der Waals surface area contributed by atoms with Crippen molar-refractivity contribution >= 4 is 11.4 Å². The lowest BCUT2D eigenvalue weighted by Gasteiger charge is -2.37. The van der Waals surface area contributed by atoms with Gasteiger partial charge in [0.1, 0.15) is 0 Å². The highest BCUT2D eigenvalue weighted by Gasteiger charge is 2.24. The van der Waals surface area contributed by atoms with Gasteiger partial charge in [-0.2, -0.15) is 0 Å². The van der Waals surface area contributed by atoms with E-state index < -0.39 is 0 Å². The van der Waals surface area contributed by atoms with E-state index in [9.17, 15) is 10.1 Å². The highest BCUT2D eigenvalue weighted by molar-refractivity contribution is 5.56. The molecule has 1 aliphatic rings. The van der Waals surface area contributed by atoms with E-state index in [0.717, 1.165) is 43.5 Å². The van der Waals surface area contributed by atoms with E-state index in [1.807, 2.05) is 13.0 Å². The molecule has 5 heteroatoms. The predicted octanol–water partition coefficient (Wildman–Crippen LogP) is 3.00. The Kier molecular flexibility index (Phi) is 4.60. The van der Waals surface area contributed by atoms with Crippen LogP contribution in [0.4, 0.5) is 11.4 Å². The number of hydrogen-bond donors (Lipinski definition) is 1. The van der Waals surface area contributed by atoms with Gasteiger partial charge >= 0.3 is 0 Å². The van der Waals surface area contributed by atoms with E-state index in [0.29, 0.717) is 12.1 Å². The normalized spacial score (nSPS) is 22.6. The third-order valence-electron chi connectivity index (χ3n) is 4.11. The van der Waals surface area contributed by atoms with E-state index >= 15 is 0 Å². The van der Waals surface area contributed by atoms with Gasteiger partial charge in [0, 0.05) is 36.4 Å². The van der Waals surface area contributed by atoms with Gasteiger partial charge in [0.05, 0.1) is 4.92 Å². The fourth-order valence-corrected chi connectivity index (χ4v) is 3.08. The molecule has 5 nitrogen and oxygen atoms in total. The molecule has 1 fully saturated rings. The highest BCUT2D eigenvalue weighted by Crippen LogP contribution is 2.30. The smallest absolute Gasteiger partial charge is 0.271 e. The topological polar surface area (TPSA) is 72.4 Å². The molecule has 0 bridgehead atoms. The SMILES string of the molecule is CCN(c1cc(C)cc([N+](=O)[O-])c1)C1CCC(N)CC1. The largest absolute Gasteiger partial charge is 0.369 e. The van der Waals surface area contributed by atoms with Gasteiger partial charge in [0.15, 0.2) is 0 Å². The Morgan fingerprint density at radius 2 is 1.95 bits per heavy atom. The molecule has 2 N–H and O–H groups in total. The Balaban J connectivity index is 2.25. The third kappa shape index (κ3) is 3.28. The summed E-state index contributed by atoms with van der Waals surface area (Å²) in [7, 11) is 0. The van der Waals surface area contributed by atoms with Crippen molar-refractivity contribution in [1.82, 2.24) is 0 Å². The molecule has 0 amide bonds. The lowest BCUT2D eigenvalue weighted by Crippen LogP contribution is -2.41. The maximum atomic E-state index is 11.0. The lowest BCUT2D eigenvalue weighted by molar-refractivity contribution is -0.384. The van der Waals surface area contributed by atoms with Crippen LogP contribution in [0.2, 0.25) is 0 Å². The summed E-state index contributed by atoms with van der Waals surface area (Å²) in [5, 5.41) is 11.0. The number of nitro groups is 1. The predicted molar refractivity (Wildman–Crippen MR) is 81.1 cm³/mol. The van der Waals surface area contributed by atoms with Crippen LogP contribution in [0, 0.1) is 17.0 Å². The Labute approximate surface area is 119 Å². The molecule has 0 spiro atoms.